The maximum Gasteiger partial charge on any atom is 0.261 e. The van der Waals surface area contributed by atoms with E-state index in [-0.39, 0.29) is 21.4 Å². The second kappa shape index (κ2) is 6.96. The Labute approximate surface area is 133 Å². The second-order valence-corrected chi connectivity index (χ2v) is 7.88. The molecule has 1 aromatic carbocycles. The van der Waals surface area contributed by atoms with Crippen molar-refractivity contribution in [1.82, 2.24) is 5.32 Å². The van der Waals surface area contributed by atoms with Crippen molar-refractivity contribution in [1.29, 1.82) is 0 Å². The molecule has 8 heteroatoms. The molecule has 1 amide bonds. The van der Waals surface area contributed by atoms with E-state index in [9.17, 15) is 13.2 Å². The first-order valence-electron chi connectivity index (χ1n) is 6.47. The molecule has 0 unspecified atom stereocenters. The molecule has 1 aliphatic rings. The van der Waals surface area contributed by atoms with Gasteiger partial charge < -0.3 is 10.1 Å². The molecule has 0 saturated carbocycles. The number of benzene rings is 1. The number of amides is 1. The largest absolute Gasteiger partial charge is 0.381 e. The first-order valence-corrected chi connectivity index (χ1v) is 9.16. The Balaban J connectivity index is 2.06. The van der Waals surface area contributed by atoms with Crippen molar-refractivity contribution in [2.24, 2.45) is 5.92 Å². The lowest BCUT2D eigenvalue weighted by molar-refractivity contribution is 0.0642. The summed E-state index contributed by atoms with van der Waals surface area (Å²) in [5.41, 5.74) is 0.175. The third-order valence-electron chi connectivity index (χ3n) is 3.31. The zero-order valence-electron chi connectivity index (χ0n) is 11.1. The van der Waals surface area contributed by atoms with E-state index in [1.54, 1.807) is 0 Å². The molecule has 1 aliphatic heterocycles. The zero-order chi connectivity index (χ0) is 15.5. The highest BCUT2D eigenvalue weighted by Crippen LogP contribution is 2.22. The fourth-order valence-corrected chi connectivity index (χ4v) is 3.23. The van der Waals surface area contributed by atoms with Crippen LogP contribution in [0.25, 0.3) is 0 Å². The second-order valence-electron chi connectivity index (χ2n) is 4.88. The minimum Gasteiger partial charge on any atom is -0.381 e. The molecule has 0 atom stereocenters. The van der Waals surface area contributed by atoms with Gasteiger partial charge in [0.15, 0.2) is 0 Å². The van der Waals surface area contributed by atoms with Crippen LogP contribution in [-0.4, -0.2) is 34.1 Å². The smallest absolute Gasteiger partial charge is 0.261 e. The lowest BCUT2D eigenvalue weighted by atomic mass is 10.0. The number of nitrogens with one attached hydrogen (secondary N) is 1. The van der Waals surface area contributed by atoms with E-state index >= 15 is 0 Å². The molecule has 2 rings (SSSR count). The predicted octanol–water partition coefficient (Wildman–Crippen LogP) is 2.42. The fourth-order valence-electron chi connectivity index (χ4n) is 2.12. The van der Waals surface area contributed by atoms with Crippen LogP contribution in [0.4, 0.5) is 0 Å². The normalized spacial score (nSPS) is 16.7. The van der Waals surface area contributed by atoms with Gasteiger partial charge in [0.25, 0.3) is 15.0 Å². The molecule has 1 heterocycles. The van der Waals surface area contributed by atoms with Gasteiger partial charge in [-0.05, 0) is 37.0 Å². The van der Waals surface area contributed by atoms with Crippen molar-refractivity contribution < 1.29 is 17.9 Å². The summed E-state index contributed by atoms with van der Waals surface area (Å²) in [7, 11) is 1.35. The molecule has 0 bridgehead atoms. The number of hydrogen-bond acceptors (Lipinski definition) is 4. The zero-order valence-corrected chi connectivity index (χ0v) is 13.5. The van der Waals surface area contributed by atoms with Crippen molar-refractivity contribution in [2.45, 2.75) is 17.7 Å². The van der Waals surface area contributed by atoms with Crippen LogP contribution in [0.5, 0.6) is 0 Å². The fraction of sp³-hybridized carbons (Fsp3) is 0.462. The topological polar surface area (TPSA) is 72.5 Å². The molecular formula is C13H15Cl2NO4S. The van der Waals surface area contributed by atoms with E-state index in [1.807, 2.05) is 0 Å². The van der Waals surface area contributed by atoms with Crippen molar-refractivity contribution in [3.8, 4) is 0 Å². The monoisotopic (exact) mass is 351 g/mol. The highest BCUT2D eigenvalue weighted by Gasteiger charge is 2.18. The van der Waals surface area contributed by atoms with E-state index < -0.39 is 9.05 Å². The Morgan fingerprint density at radius 1 is 1.29 bits per heavy atom. The molecule has 1 N–H and O–H groups in total. The van der Waals surface area contributed by atoms with E-state index in [0.717, 1.165) is 12.8 Å². The lowest BCUT2D eigenvalue weighted by Crippen LogP contribution is -2.32. The number of carbonyl (C=O) groups excluding carboxylic acids is 1. The van der Waals surface area contributed by atoms with Gasteiger partial charge in [-0.3, -0.25) is 4.79 Å². The van der Waals surface area contributed by atoms with E-state index in [1.165, 1.54) is 18.2 Å². The third kappa shape index (κ3) is 4.85. The van der Waals surface area contributed by atoms with Crippen molar-refractivity contribution in [3.63, 3.8) is 0 Å². The summed E-state index contributed by atoms with van der Waals surface area (Å²) < 4.78 is 27.9. The summed E-state index contributed by atoms with van der Waals surface area (Å²) in [6, 6.07) is 3.83. The summed E-state index contributed by atoms with van der Waals surface area (Å²) in [4.78, 5) is 11.9. The molecule has 1 saturated heterocycles. The molecule has 0 radical (unpaired) electrons. The van der Waals surface area contributed by atoms with Crippen molar-refractivity contribution >= 4 is 37.2 Å². The minimum atomic E-state index is -3.93. The van der Waals surface area contributed by atoms with E-state index in [0.29, 0.717) is 25.7 Å². The Hall–Kier alpha value is -0.820. The highest BCUT2D eigenvalue weighted by atomic mass is 35.7. The van der Waals surface area contributed by atoms with Crippen LogP contribution in [0.2, 0.25) is 5.02 Å². The third-order valence-corrected chi connectivity index (χ3v) is 4.86. The minimum absolute atomic E-state index is 0.146. The molecule has 0 aromatic heterocycles. The Morgan fingerprint density at radius 2 is 1.95 bits per heavy atom. The molecule has 0 aliphatic carbocycles. The van der Waals surface area contributed by atoms with Crippen LogP contribution in [0.3, 0.4) is 0 Å². The van der Waals surface area contributed by atoms with Gasteiger partial charge in [-0.15, -0.1) is 0 Å². The average molecular weight is 352 g/mol. The van der Waals surface area contributed by atoms with Gasteiger partial charge in [-0.25, -0.2) is 8.42 Å². The van der Waals surface area contributed by atoms with Crippen molar-refractivity contribution in [2.75, 3.05) is 19.8 Å². The Morgan fingerprint density at radius 3 is 2.57 bits per heavy atom. The summed E-state index contributed by atoms with van der Waals surface area (Å²) >= 11 is 5.83. The van der Waals surface area contributed by atoms with E-state index in [4.69, 9.17) is 27.0 Å². The van der Waals surface area contributed by atoms with Gasteiger partial charge in [0.1, 0.15) is 0 Å². The van der Waals surface area contributed by atoms with Crippen LogP contribution < -0.4 is 5.32 Å². The van der Waals surface area contributed by atoms with Crippen LogP contribution in [0.1, 0.15) is 23.2 Å². The van der Waals surface area contributed by atoms with Crippen LogP contribution in [0.15, 0.2) is 23.1 Å². The van der Waals surface area contributed by atoms with Gasteiger partial charge in [0.05, 0.1) is 4.90 Å². The molecule has 0 spiro atoms. The number of hydrogen-bond donors (Lipinski definition) is 1. The summed E-state index contributed by atoms with van der Waals surface area (Å²) in [5, 5.41) is 2.93. The van der Waals surface area contributed by atoms with Gasteiger partial charge in [-0.2, -0.15) is 0 Å². The Kier molecular flexibility index (Phi) is 5.48. The van der Waals surface area contributed by atoms with Crippen LogP contribution in [-0.2, 0) is 13.8 Å². The molecular weight excluding hydrogens is 337 g/mol. The standard InChI is InChI=1S/C13H15Cl2NO4S/c14-11-5-10(6-12(7-11)21(15,18)19)13(17)16-8-9-1-3-20-4-2-9/h5-7,9H,1-4,8H2,(H,16,17). The maximum atomic E-state index is 12.1. The molecule has 5 nitrogen and oxygen atoms in total. The van der Waals surface area contributed by atoms with Crippen molar-refractivity contribution in [3.05, 3.63) is 28.8 Å². The maximum absolute atomic E-state index is 12.1. The number of carbonyl (C=O) groups is 1. The molecule has 1 aromatic rings. The van der Waals surface area contributed by atoms with Crippen LogP contribution >= 0.6 is 22.3 Å². The molecule has 21 heavy (non-hydrogen) atoms. The van der Waals surface area contributed by atoms with Gasteiger partial charge in [0.2, 0.25) is 0 Å². The Bertz CT molecular complexity index is 627. The predicted molar refractivity (Wildman–Crippen MR) is 80.4 cm³/mol. The highest BCUT2D eigenvalue weighted by molar-refractivity contribution is 8.13. The van der Waals surface area contributed by atoms with Crippen LogP contribution in [0, 0.1) is 5.92 Å². The number of ether oxygens (including phenoxy) is 1. The molecule has 1 fully saturated rings. The quantitative estimate of drug-likeness (QED) is 0.845. The molecule has 116 valence electrons. The van der Waals surface area contributed by atoms with E-state index in [2.05, 4.69) is 5.32 Å². The first kappa shape index (κ1) is 16.5. The summed E-state index contributed by atoms with van der Waals surface area (Å²) in [5.74, 6) is 0.00340. The number of rotatable bonds is 4. The van der Waals surface area contributed by atoms with Gasteiger partial charge in [0, 0.05) is 41.0 Å². The first-order chi connectivity index (χ1) is 9.86. The van der Waals surface area contributed by atoms with Gasteiger partial charge in [-0.1, -0.05) is 11.6 Å². The summed E-state index contributed by atoms with van der Waals surface area (Å²) in [6.45, 7) is 1.93. The summed E-state index contributed by atoms with van der Waals surface area (Å²) in [6.07, 6.45) is 1.80. The SMILES string of the molecule is O=C(NCC1CCOCC1)c1cc(Cl)cc(S(=O)(=O)Cl)c1. The lowest BCUT2D eigenvalue weighted by Gasteiger charge is -2.22. The van der Waals surface area contributed by atoms with Gasteiger partial charge >= 0.3 is 0 Å². The number of halogens is 2. The average Bonchev–Trinajstić information content (AvgIpc) is 2.44.